The standard InChI is InChI=1S/C27H37N5O13/c33-20(13-32(14-22(36)37)15-23(38)39)29-19(12-16-6-2-1-3-7-16)24(40)28-11-5-4-8-17(25(41)42)30-27(45)31-18(26(43)44)9-10-21(34)35/h1-3,6-7,17-19H,4-5,8-15H2,(H,28,40)(H,29,33)(H,34,35)(H,36,37)(H,38,39)(H,41,42)(H,43,44)(H2,30,31,45)/t17-,18-,19+/m0/s1. The number of aliphatic carboxylic acids is 5. The number of carboxylic acid groups (broad SMARTS) is 5. The van der Waals surface area contributed by atoms with Gasteiger partial charge in [-0.3, -0.25) is 28.9 Å². The fourth-order valence-electron chi connectivity index (χ4n) is 4.00. The summed E-state index contributed by atoms with van der Waals surface area (Å²) in [5.41, 5.74) is 0.688. The molecule has 1 aromatic carbocycles. The van der Waals surface area contributed by atoms with Gasteiger partial charge in [-0.25, -0.2) is 14.4 Å². The maximum atomic E-state index is 13.0. The minimum absolute atomic E-state index is 0.0406. The highest BCUT2D eigenvalue weighted by molar-refractivity contribution is 5.89. The van der Waals surface area contributed by atoms with Gasteiger partial charge in [0.25, 0.3) is 0 Å². The average Bonchev–Trinajstić information content (AvgIpc) is 2.93. The number of hydrogen-bond donors (Lipinski definition) is 9. The molecule has 18 heteroatoms. The van der Waals surface area contributed by atoms with E-state index >= 15 is 0 Å². The summed E-state index contributed by atoms with van der Waals surface area (Å²) in [7, 11) is 0. The number of hydrogen-bond acceptors (Lipinski definition) is 9. The van der Waals surface area contributed by atoms with Crippen molar-refractivity contribution in [3.05, 3.63) is 35.9 Å². The number of carbonyl (C=O) groups excluding carboxylic acids is 3. The number of benzene rings is 1. The fourth-order valence-corrected chi connectivity index (χ4v) is 4.00. The third-order valence-electron chi connectivity index (χ3n) is 6.09. The Labute approximate surface area is 256 Å². The molecule has 4 amide bonds. The summed E-state index contributed by atoms with van der Waals surface area (Å²) in [6.07, 6.45) is -0.557. The van der Waals surface area contributed by atoms with Crippen molar-refractivity contribution < 1.29 is 63.9 Å². The highest BCUT2D eigenvalue weighted by Gasteiger charge is 2.26. The van der Waals surface area contributed by atoms with Gasteiger partial charge in [-0.15, -0.1) is 0 Å². The third kappa shape index (κ3) is 16.8. The summed E-state index contributed by atoms with van der Waals surface area (Å²) in [5, 5.41) is 54.5. The molecular formula is C27H37N5O13. The molecule has 0 spiro atoms. The van der Waals surface area contributed by atoms with E-state index in [0.717, 1.165) is 4.90 Å². The molecule has 0 saturated carbocycles. The molecule has 0 bridgehead atoms. The van der Waals surface area contributed by atoms with E-state index in [-0.39, 0.29) is 32.2 Å². The Balaban J connectivity index is 2.71. The van der Waals surface area contributed by atoms with Crippen LogP contribution in [0.4, 0.5) is 4.79 Å². The van der Waals surface area contributed by atoms with Gasteiger partial charge in [0.15, 0.2) is 0 Å². The molecule has 0 heterocycles. The topological polar surface area (TPSA) is 289 Å². The van der Waals surface area contributed by atoms with E-state index in [9.17, 15) is 43.5 Å². The Hall–Kier alpha value is -5.26. The Kier molecular flexibility index (Phi) is 16.6. The molecule has 248 valence electrons. The van der Waals surface area contributed by atoms with Crippen LogP contribution in [0.2, 0.25) is 0 Å². The first kappa shape index (κ1) is 37.8. The second-order valence-corrected chi connectivity index (χ2v) is 9.86. The Morgan fingerprint density at radius 3 is 1.71 bits per heavy atom. The second kappa shape index (κ2) is 19.8. The number of amides is 4. The zero-order valence-electron chi connectivity index (χ0n) is 24.1. The zero-order valence-corrected chi connectivity index (χ0v) is 24.1. The molecule has 45 heavy (non-hydrogen) atoms. The Bertz CT molecular complexity index is 1190. The first-order chi connectivity index (χ1) is 21.2. The van der Waals surface area contributed by atoms with Crippen LogP contribution in [0.5, 0.6) is 0 Å². The minimum atomic E-state index is -1.55. The number of rotatable bonds is 22. The fraction of sp³-hybridized carbons (Fsp3) is 0.481. The molecule has 9 N–H and O–H groups in total. The maximum Gasteiger partial charge on any atom is 0.326 e. The predicted octanol–water partition coefficient (Wildman–Crippen LogP) is -1.46. The molecule has 18 nitrogen and oxygen atoms in total. The Morgan fingerprint density at radius 2 is 1.20 bits per heavy atom. The van der Waals surface area contributed by atoms with Crippen LogP contribution in [0.25, 0.3) is 0 Å². The van der Waals surface area contributed by atoms with Gasteiger partial charge in [-0.2, -0.15) is 0 Å². The number of carboxylic acids is 5. The van der Waals surface area contributed by atoms with Crippen LogP contribution in [0.3, 0.4) is 0 Å². The summed E-state index contributed by atoms with van der Waals surface area (Å²) in [6.45, 7) is -1.98. The molecule has 0 saturated heterocycles. The van der Waals surface area contributed by atoms with Crippen LogP contribution in [-0.4, -0.2) is 122 Å². The van der Waals surface area contributed by atoms with E-state index in [1.807, 2.05) is 5.32 Å². The number of unbranched alkanes of at least 4 members (excludes halogenated alkanes) is 1. The lowest BCUT2D eigenvalue weighted by molar-refractivity contribution is -0.144. The maximum absolute atomic E-state index is 13.0. The molecule has 0 aliphatic heterocycles. The summed E-state index contributed by atoms with van der Waals surface area (Å²) in [5.74, 6) is -8.25. The molecular weight excluding hydrogens is 602 g/mol. The first-order valence-electron chi connectivity index (χ1n) is 13.7. The number of urea groups is 1. The van der Waals surface area contributed by atoms with E-state index in [2.05, 4.69) is 16.0 Å². The molecule has 0 aliphatic carbocycles. The van der Waals surface area contributed by atoms with Gasteiger partial charge in [0.05, 0.1) is 19.6 Å². The monoisotopic (exact) mass is 639 g/mol. The van der Waals surface area contributed by atoms with Crippen LogP contribution in [0, 0.1) is 0 Å². The van der Waals surface area contributed by atoms with Crippen LogP contribution >= 0.6 is 0 Å². The van der Waals surface area contributed by atoms with E-state index in [4.69, 9.17) is 20.4 Å². The van der Waals surface area contributed by atoms with Gasteiger partial charge in [-0.05, 0) is 31.2 Å². The van der Waals surface area contributed by atoms with E-state index in [0.29, 0.717) is 5.56 Å². The lowest BCUT2D eigenvalue weighted by Gasteiger charge is -2.22. The molecule has 0 aliphatic rings. The largest absolute Gasteiger partial charge is 0.481 e. The highest BCUT2D eigenvalue weighted by atomic mass is 16.4. The van der Waals surface area contributed by atoms with Gasteiger partial charge in [0.1, 0.15) is 18.1 Å². The van der Waals surface area contributed by atoms with Crippen molar-refractivity contribution in [1.82, 2.24) is 26.2 Å². The van der Waals surface area contributed by atoms with Crippen molar-refractivity contribution in [2.45, 2.75) is 56.7 Å². The van der Waals surface area contributed by atoms with E-state index in [1.165, 1.54) is 0 Å². The van der Waals surface area contributed by atoms with Gasteiger partial charge in [0, 0.05) is 19.4 Å². The van der Waals surface area contributed by atoms with Gasteiger partial charge >= 0.3 is 35.9 Å². The normalized spacial score (nSPS) is 12.6. The van der Waals surface area contributed by atoms with Gasteiger partial charge < -0.3 is 46.8 Å². The predicted molar refractivity (Wildman–Crippen MR) is 152 cm³/mol. The summed E-state index contributed by atoms with van der Waals surface area (Å²) < 4.78 is 0. The van der Waals surface area contributed by atoms with Crippen molar-refractivity contribution >= 4 is 47.7 Å². The Morgan fingerprint density at radius 1 is 0.644 bits per heavy atom. The van der Waals surface area contributed by atoms with Crippen LogP contribution < -0.4 is 21.3 Å². The highest BCUT2D eigenvalue weighted by Crippen LogP contribution is 2.06. The number of nitrogens with zero attached hydrogens (tertiary/aromatic N) is 1. The molecule has 0 unspecified atom stereocenters. The van der Waals surface area contributed by atoms with Crippen LogP contribution in [-0.2, 0) is 40.0 Å². The van der Waals surface area contributed by atoms with Gasteiger partial charge in [-0.1, -0.05) is 30.3 Å². The summed E-state index contributed by atoms with van der Waals surface area (Å²) >= 11 is 0. The van der Waals surface area contributed by atoms with Crippen molar-refractivity contribution in [3.8, 4) is 0 Å². The zero-order chi connectivity index (χ0) is 33.9. The minimum Gasteiger partial charge on any atom is -0.481 e. The lowest BCUT2D eigenvalue weighted by atomic mass is 10.0. The first-order valence-corrected chi connectivity index (χ1v) is 13.7. The molecule has 1 rings (SSSR count). The lowest BCUT2D eigenvalue weighted by Crippen LogP contribution is -2.51. The van der Waals surface area contributed by atoms with Crippen molar-refractivity contribution in [2.75, 3.05) is 26.2 Å². The quantitative estimate of drug-likeness (QED) is 0.0656. The molecule has 1 aromatic rings. The number of carbonyl (C=O) groups is 8. The molecule has 0 radical (unpaired) electrons. The summed E-state index contributed by atoms with van der Waals surface area (Å²) in [6, 6.07) is 3.43. The average molecular weight is 640 g/mol. The van der Waals surface area contributed by atoms with Crippen molar-refractivity contribution in [3.63, 3.8) is 0 Å². The van der Waals surface area contributed by atoms with Crippen molar-refractivity contribution in [2.24, 2.45) is 0 Å². The van der Waals surface area contributed by atoms with Gasteiger partial charge in [0.2, 0.25) is 11.8 Å². The molecule has 0 aromatic heterocycles. The van der Waals surface area contributed by atoms with Crippen molar-refractivity contribution in [1.29, 1.82) is 0 Å². The van der Waals surface area contributed by atoms with Crippen LogP contribution in [0.15, 0.2) is 30.3 Å². The number of nitrogens with one attached hydrogen (secondary N) is 4. The summed E-state index contributed by atoms with van der Waals surface area (Å²) in [4.78, 5) is 94.2. The second-order valence-electron chi connectivity index (χ2n) is 9.86. The molecule has 0 fully saturated rings. The SMILES string of the molecule is O=C(O)CC[C@H](NC(=O)N[C@@H](CCCCNC(=O)[C@@H](Cc1ccccc1)NC(=O)CN(CC(=O)O)CC(=O)O)C(=O)O)C(=O)O. The molecule has 3 atom stereocenters. The van der Waals surface area contributed by atoms with Crippen LogP contribution in [0.1, 0.15) is 37.7 Å². The smallest absolute Gasteiger partial charge is 0.326 e. The van der Waals surface area contributed by atoms with E-state index in [1.54, 1.807) is 30.3 Å². The third-order valence-corrected chi connectivity index (χ3v) is 6.09. The van der Waals surface area contributed by atoms with E-state index < -0.39 is 98.3 Å².